The molecular weight excluding hydrogens is 325 g/mol. The Morgan fingerprint density at radius 2 is 1.96 bits per heavy atom. The molecule has 0 aromatic heterocycles. The molecule has 2 heterocycles. The molecule has 2 saturated heterocycles. The lowest BCUT2D eigenvalue weighted by molar-refractivity contribution is -0.121. The number of benzene rings is 1. The van der Waals surface area contributed by atoms with Gasteiger partial charge in [0.15, 0.2) is 0 Å². The van der Waals surface area contributed by atoms with Gasteiger partial charge in [-0.1, -0.05) is 6.07 Å². The van der Waals surface area contributed by atoms with Crippen LogP contribution < -0.4 is 10.2 Å². The van der Waals surface area contributed by atoms with E-state index < -0.39 is 11.9 Å². The molecule has 1 aromatic carbocycles. The largest absolute Gasteiger partial charge is 0.453 e. The summed E-state index contributed by atoms with van der Waals surface area (Å²) in [5.74, 6) is -1.04. The molecule has 0 radical (unpaired) electrons. The quantitative estimate of drug-likeness (QED) is 0.911. The standard InChI is InChI=1S/C18H24FN3O3/c1-25-18(24)22-11-5-6-13(12-22)17(23)20-16-14(19)7-4-8-15(16)21-9-2-3-10-21/h4,7-8,13H,2-3,5-6,9-12H2,1H3,(H,20,23). The Kier molecular flexibility index (Phi) is 5.40. The van der Waals surface area contributed by atoms with E-state index in [0.717, 1.165) is 38.0 Å². The first-order chi connectivity index (χ1) is 12.1. The third-order valence-corrected chi connectivity index (χ3v) is 4.91. The molecule has 25 heavy (non-hydrogen) atoms. The zero-order valence-electron chi connectivity index (χ0n) is 14.5. The highest BCUT2D eigenvalue weighted by Crippen LogP contribution is 2.32. The first-order valence-corrected chi connectivity index (χ1v) is 8.77. The van der Waals surface area contributed by atoms with E-state index in [1.807, 2.05) is 6.07 Å². The van der Waals surface area contributed by atoms with Crippen molar-refractivity contribution < 1.29 is 18.7 Å². The van der Waals surface area contributed by atoms with Gasteiger partial charge in [0, 0.05) is 26.2 Å². The van der Waals surface area contributed by atoms with Crippen molar-refractivity contribution in [3.63, 3.8) is 0 Å². The van der Waals surface area contributed by atoms with Crippen LogP contribution in [0.15, 0.2) is 18.2 Å². The molecule has 7 heteroatoms. The normalized spacial score (nSPS) is 20.5. The zero-order chi connectivity index (χ0) is 17.8. The Balaban J connectivity index is 1.73. The van der Waals surface area contributed by atoms with Gasteiger partial charge in [0.1, 0.15) is 11.5 Å². The summed E-state index contributed by atoms with van der Waals surface area (Å²) in [5, 5.41) is 2.77. The Hall–Kier alpha value is -2.31. The minimum absolute atomic E-state index is 0.240. The molecular formula is C18H24FN3O3. The van der Waals surface area contributed by atoms with Gasteiger partial charge in [-0.3, -0.25) is 4.79 Å². The second-order valence-electron chi connectivity index (χ2n) is 6.57. The van der Waals surface area contributed by atoms with E-state index in [1.54, 1.807) is 6.07 Å². The molecule has 3 rings (SSSR count). The summed E-state index contributed by atoms with van der Waals surface area (Å²) in [5.41, 5.74) is 0.969. The number of likely N-dealkylation sites (tertiary alicyclic amines) is 1. The Bertz CT molecular complexity index is 646. The van der Waals surface area contributed by atoms with Crippen LogP contribution in [0.1, 0.15) is 25.7 Å². The van der Waals surface area contributed by atoms with Gasteiger partial charge in [-0.2, -0.15) is 0 Å². The van der Waals surface area contributed by atoms with Crippen LogP contribution in [0.4, 0.5) is 20.6 Å². The Morgan fingerprint density at radius 1 is 1.20 bits per heavy atom. The van der Waals surface area contributed by atoms with E-state index in [0.29, 0.717) is 19.5 Å². The van der Waals surface area contributed by atoms with Gasteiger partial charge in [0.05, 0.1) is 18.7 Å². The van der Waals surface area contributed by atoms with Gasteiger partial charge < -0.3 is 19.9 Å². The molecule has 6 nitrogen and oxygen atoms in total. The zero-order valence-corrected chi connectivity index (χ0v) is 14.5. The van der Waals surface area contributed by atoms with Crippen molar-refractivity contribution in [3.05, 3.63) is 24.0 Å². The summed E-state index contributed by atoms with van der Waals surface area (Å²) in [4.78, 5) is 28.0. The SMILES string of the molecule is COC(=O)N1CCCC(C(=O)Nc2c(F)cccc2N2CCCC2)C1. The highest BCUT2D eigenvalue weighted by atomic mass is 19.1. The van der Waals surface area contributed by atoms with Crippen LogP contribution in [0.2, 0.25) is 0 Å². The van der Waals surface area contributed by atoms with E-state index in [9.17, 15) is 14.0 Å². The molecule has 1 unspecified atom stereocenters. The van der Waals surface area contributed by atoms with Crippen molar-refractivity contribution in [2.45, 2.75) is 25.7 Å². The number of anilines is 2. The lowest BCUT2D eigenvalue weighted by Crippen LogP contribution is -2.43. The molecule has 2 amide bonds. The van der Waals surface area contributed by atoms with Crippen molar-refractivity contribution in [2.75, 3.05) is 43.5 Å². The highest BCUT2D eigenvalue weighted by Gasteiger charge is 2.30. The molecule has 0 bridgehead atoms. The minimum Gasteiger partial charge on any atom is -0.453 e. The van der Waals surface area contributed by atoms with E-state index in [-0.39, 0.29) is 17.5 Å². The first-order valence-electron chi connectivity index (χ1n) is 8.77. The predicted molar refractivity (Wildman–Crippen MR) is 93.2 cm³/mol. The number of nitrogens with zero attached hydrogens (tertiary/aromatic N) is 2. The molecule has 2 aliphatic heterocycles. The number of ether oxygens (including phenoxy) is 1. The molecule has 0 aliphatic carbocycles. The molecule has 1 N–H and O–H groups in total. The molecule has 2 aliphatic rings. The third kappa shape index (κ3) is 3.86. The first kappa shape index (κ1) is 17.5. The second kappa shape index (κ2) is 7.72. The highest BCUT2D eigenvalue weighted by molar-refractivity contribution is 5.96. The van der Waals surface area contributed by atoms with E-state index in [4.69, 9.17) is 4.74 Å². The topological polar surface area (TPSA) is 61.9 Å². The van der Waals surface area contributed by atoms with Crippen LogP contribution in [0, 0.1) is 11.7 Å². The van der Waals surface area contributed by atoms with Gasteiger partial charge in [0.25, 0.3) is 0 Å². The number of piperidine rings is 1. The van der Waals surface area contributed by atoms with Crippen molar-refractivity contribution in [2.24, 2.45) is 5.92 Å². The summed E-state index contributed by atoms with van der Waals surface area (Å²) >= 11 is 0. The van der Waals surface area contributed by atoms with Crippen LogP contribution in [-0.2, 0) is 9.53 Å². The van der Waals surface area contributed by atoms with Crippen LogP contribution in [0.5, 0.6) is 0 Å². The van der Waals surface area contributed by atoms with Crippen LogP contribution in [0.3, 0.4) is 0 Å². The summed E-state index contributed by atoms with van der Waals surface area (Å²) in [6.07, 6.45) is 3.11. The molecule has 136 valence electrons. The van der Waals surface area contributed by atoms with Gasteiger partial charge in [-0.25, -0.2) is 9.18 Å². The number of amides is 2. The number of hydrogen-bond acceptors (Lipinski definition) is 4. The number of hydrogen-bond donors (Lipinski definition) is 1. The fraction of sp³-hybridized carbons (Fsp3) is 0.556. The van der Waals surface area contributed by atoms with E-state index >= 15 is 0 Å². The number of rotatable bonds is 3. The lowest BCUT2D eigenvalue weighted by Gasteiger charge is -2.31. The number of methoxy groups -OCH3 is 1. The summed E-state index contributed by atoms with van der Waals surface area (Å²) < 4.78 is 19.1. The van der Waals surface area contributed by atoms with Crippen LogP contribution in [-0.4, -0.2) is 50.2 Å². The van der Waals surface area contributed by atoms with Gasteiger partial charge in [0.2, 0.25) is 5.91 Å². The van der Waals surface area contributed by atoms with Crippen molar-refractivity contribution in [3.8, 4) is 0 Å². The van der Waals surface area contributed by atoms with Crippen molar-refractivity contribution in [1.29, 1.82) is 0 Å². The molecule has 0 saturated carbocycles. The number of nitrogens with one attached hydrogen (secondary N) is 1. The Morgan fingerprint density at radius 3 is 2.68 bits per heavy atom. The molecule has 2 fully saturated rings. The molecule has 1 aromatic rings. The number of para-hydroxylation sites is 1. The van der Waals surface area contributed by atoms with Crippen molar-refractivity contribution in [1.82, 2.24) is 4.90 Å². The van der Waals surface area contributed by atoms with Gasteiger partial charge in [-0.15, -0.1) is 0 Å². The Labute approximate surface area is 146 Å². The number of halogens is 1. The predicted octanol–water partition coefficient (Wildman–Crippen LogP) is 2.84. The number of carbonyl (C=O) groups excluding carboxylic acids is 2. The smallest absolute Gasteiger partial charge is 0.409 e. The maximum Gasteiger partial charge on any atom is 0.409 e. The second-order valence-corrected chi connectivity index (χ2v) is 6.57. The fourth-order valence-electron chi connectivity index (χ4n) is 3.57. The van der Waals surface area contributed by atoms with Gasteiger partial charge >= 0.3 is 6.09 Å². The van der Waals surface area contributed by atoms with Crippen LogP contribution in [0.25, 0.3) is 0 Å². The minimum atomic E-state index is -0.432. The fourth-order valence-corrected chi connectivity index (χ4v) is 3.57. The summed E-state index contributed by atoms with van der Waals surface area (Å²) in [6, 6.07) is 4.86. The summed E-state index contributed by atoms with van der Waals surface area (Å²) in [6.45, 7) is 2.61. The van der Waals surface area contributed by atoms with Crippen molar-refractivity contribution >= 4 is 23.4 Å². The number of carbonyl (C=O) groups is 2. The van der Waals surface area contributed by atoms with E-state index in [2.05, 4.69) is 10.2 Å². The van der Waals surface area contributed by atoms with E-state index in [1.165, 1.54) is 18.1 Å². The monoisotopic (exact) mass is 349 g/mol. The average Bonchev–Trinajstić information content (AvgIpc) is 3.17. The molecule has 1 atom stereocenters. The maximum absolute atomic E-state index is 14.4. The lowest BCUT2D eigenvalue weighted by atomic mass is 9.97. The third-order valence-electron chi connectivity index (χ3n) is 4.91. The molecule has 0 spiro atoms. The van der Waals surface area contributed by atoms with Gasteiger partial charge in [-0.05, 0) is 37.8 Å². The van der Waals surface area contributed by atoms with Crippen LogP contribution >= 0.6 is 0 Å². The maximum atomic E-state index is 14.4. The summed E-state index contributed by atoms with van der Waals surface area (Å²) in [7, 11) is 1.33. The average molecular weight is 349 g/mol.